The summed E-state index contributed by atoms with van der Waals surface area (Å²) in [7, 11) is 0. The number of nitrogens with zero attached hydrogens (tertiary/aromatic N) is 4. The maximum Gasteiger partial charge on any atom is 0.261 e. The van der Waals surface area contributed by atoms with Crippen LogP contribution in [0.1, 0.15) is 26.4 Å². The van der Waals surface area contributed by atoms with Gasteiger partial charge in [0.25, 0.3) is 11.8 Å². The number of aromatic nitrogens is 3. The van der Waals surface area contributed by atoms with Gasteiger partial charge in [0.2, 0.25) is 0 Å². The van der Waals surface area contributed by atoms with E-state index in [1.54, 1.807) is 42.9 Å². The topological polar surface area (TPSA) is 76.1 Å². The normalized spacial score (nSPS) is 12.9. The summed E-state index contributed by atoms with van der Waals surface area (Å²) in [5.74, 6) is -0.589. The predicted molar refractivity (Wildman–Crippen MR) is 129 cm³/mol. The summed E-state index contributed by atoms with van der Waals surface area (Å²) in [5.41, 5.74) is 6.24. The van der Waals surface area contributed by atoms with Crippen LogP contribution in [0.3, 0.4) is 0 Å². The minimum Gasteiger partial charge on any atom is -0.269 e. The molecule has 0 fully saturated rings. The first-order valence-electron chi connectivity index (χ1n) is 10.9. The first-order valence-corrected chi connectivity index (χ1v) is 10.9. The largest absolute Gasteiger partial charge is 0.269 e. The van der Waals surface area contributed by atoms with Gasteiger partial charge in [0, 0.05) is 29.5 Å². The van der Waals surface area contributed by atoms with Gasteiger partial charge in [0.05, 0.1) is 34.6 Å². The van der Waals surface area contributed by atoms with E-state index in [9.17, 15) is 9.59 Å². The summed E-state index contributed by atoms with van der Waals surface area (Å²) >= 11 is 0. The van der Waals surface area contributed by atoms with Crippen molar-refractivity contribution < 1.29 is 9.59 Å². The van der Waals surface area contributed by atoms with E-state index in [0.717, 1.165) is 33.3 Å². The lowest BCUT2D eigenvalue weighted by Gasteiger charge is -2.13. The van der Waals surface area contributed by atoms with Crippen molar-refractivity contribution >= 4 is 22.7 Å². The molecule has 0 saturated carbocycles. The number of imide groups is 1. The Balaban J connectivity index is 1.32. The van der Waals surface area contributed by atoms with Gasteiger partial charge in [-0.1, -0.05) is 30.3 Å². The van der Waals surface area contributed by atoms with Gasteiger partial charge in [-0.25, -0.2) is 4.98 Å². The van der Waals surface area contributed by atoms with Crippen molar-refractivity contribution in [2.75, 3.05) is 0 Å². The van der Waals surface area contributed by atoms with E-state index in [1.807, 2.05) is 42.5 Å². The zero-order valence-electron chi connectivity index (χ0n) is 18.1. The second-order valence-corrected chi connectivity index (χ2v) is 8.12. The van der Waals surface area contributed by atoms with Gasteiger partial charge in [-0.05, 0) is 59.7 Å². The second kappa shape index (κ2) is 8.01. The number of fused-ring (bicyclic) bond motifs is 2. The third-order valence-electron chi connectivity index (χ3n) is 6.00. The van der Waals surface area contributed by atoms with Gasteiger partial charge in [-0.3, -0.25) is 24.5 Å². The Kier molecular flexibility index (Phi) is 4.70. The van der Waals surface area contributed by atoms with Crippen molar-refractivity contribution in [1.29, 1.82) is 0 Å². The van der Waals surface area contributed by atoms with E-state index in [2.05, 4.69) is 22.1 Å². The van der Waals surface area contributed by atoms with Crippen LogP contribution in [0.4, 0.5) is 0 Å². The van der Waals surface area contributed by atoms with Crippen molar-refractivity contribution in [2.24, 2.45) is 0 Å². The molecule has 6 rings (SSSR count). The van der Waals surface area contributed by atoms with Gasteiger partial charge in [0.15, 0.2) is 0 Å². The molecule has 0 radical (unpaired) electrons. The number of carbonyl (C=O) groups is 2. The van der Waals surface area contributed by atoms with E-state index >= 15 is 0 Å². The lowest BCUT2D eigenvalue weighted by atomic mass is 10.0. The lowest BCUT2D eigenvalue weighted by molar-refractivity contribution is 0.0640. The van der Waals surface area contributed by atoms with Crippen LogP contribution in [0.15, 0.2) is 97.5 Å². The number of benzene rings is 2. The lowest BCUT2D eigenvalue weighted by Crippen LogP contribution is -2.29. The molecule has 0 N–H and O–H groups in total. The summed E-state index contributed by atoms with van der Waals surface area (Å²) in [4.78, 5) is 40.1. The van der Waals surface area contributed by atoms with Gasteiger partial charge < -0.3 is 0 Å². The van der Waals surface area contributed by atoms with Crippen LogP contribution in [0.2, 0.25) is 0 Å². The summed E-state index contributed by atoms with van der Waals surface area (Å²) in [5, 5.41) is 0.889. The highest BCUT2D eigenvalue weighted by atomic mass is 16.2. The minimum absolute atomic E-state index is 0.103. The average molecular weight is 442 g/mol. The number of pyridine rings is 3. The minimum atomic E-state index is -0.294. The molecular formula is C28H18N4O2. The van der Waals surface area contributed by atoms with E-state index in [0.29, 0.717) is 16.8 Å². The molecule has 0 saturated heterocycles. The van der Waals surface area contributed by atoms with E-state index < -0.39 is 0 Å². The Morgan fingerprint density at radius 3 is 2.21 bits per heavy atom. The molecule has 162 valence electrons. The first-order chi connectivity index (χ1) is 16.7. The molecule has 6 heteroatoms. The maximum atomic E-state index is 12.7. The fourth-order valence-electron chi connectivity index (χ4n) is 4.25. The molecule has 0 spiro atoms. The maximum absolute atomic E-state index is 12.7. The van der Waals surface area contributed by atoms with Crippen LogP contribution < -0.4 is 0 Å². The highest BCUT2D eigenvalue weighted by molar-refractivity contribution is 6.21. The summed E-state index contributed by atoms with van der Waals surface area (Å²) in [6.45, 7) is 0.103. The Morgan fingerprint density at radius 2 is 1.44 bits per heavy atom. The van der Waals surface area contributed by atoms with Crippen LogP contribution in [0.5, 0.6) is 0 Å². The Morgan fingerprint density at radius 1 is 0.706 bits per heavy atom. The molecule has 1 aliphatic rings. The van der Waals surface area contributed by atoms with E-state index in [-0.39, 0.29) is 18.4 Å². The number of hydrogen-bond donors (Lipinski definition) is 0. The molecule has 3 aromatic heterocycles. The van der Waals surface area contributed by atoms with Gasteiger partial charge >= 0.3 is 0 Å². The highest BCUT2D eigenvalue weighted by Crippen LogP contribution is 2.28. The molecule has 1 aliphatic heterocycles. The Labute approximate surface area is 195 Å². The van der Waals surface area contributed by atoms with Crippen LogP contribution >= 0.6 is 0 Å². The van der Waals surface area contributed by atoms with Crippen LogP contribution in [-0.4, -0.2) is 31.7 Å². The third-order valence-corrected chi connectivity index (χ3v) is 6.00. The average Bonchev–Trinajstić information content (AvgIpc) is 3.14. The van der Waals surface area contributed by atoms with Crippen molar-refractivity contribution in [3.63, 3.8) is 0 Å². The second-order valence-electron chi connectivity index (χ2n) is 8.12. The molecule has 0 bridgehead atoms. The number of amides is 2. The van der Waals surface area contributed by atoms with E-state index in [4.69, 9.17) is 4.98 Å². The SMILES string of the molecule is O=C1c2ccccc2C(=O)N1Cc1cc2nc(-c3cccc(-c4ccncc4)c3)ccc2cn1. The Bertz CT molecular complexity index is 1550. The molecule has 0 unspecified atom stereocenters. The fourth-order valence-corrected chi connectivity index (χ4v) is 4.25. The zero-order chi connectivity index (χ0) is 23.1. The van der Waals surface area contributed by atoms with Crippen molar-refractivity contribution in [3.05, 3.63) is 114 Å². The van der Waals surface area contributed by atoms with E-state index in [1.165, 1.54) is 4.90 Å². The number of carbonyl (C=O) groups excluding carboxylic acids is 2. The highest BCUT2D eigenvalue weighted by Gasteiger charge is 2.35. The van der Waals surface area contributed by atoms with Gasteiger partial charge in [-0.2, -0.15) is 0 Å². The summed E-state index contributed by atoms with van der Waals surface area (Å²) < 4.78 is 0. The molecule has 5 aromatic rings. The van der Waals surface area contributed by atoms with Crippen LogP contribution in [-0.2, 0) is 6.54 Å². The van der Waals surface area contributed by atoms with Crippen LogP contribution in [0, 0.1) is 0 Å². The monoisotopic (exact) mass is 442 g/mol. The molecule has 4 heterocycles. The molecule has 34 heavy (non-hydrogen) atoms. The standard InChI is InChI=1S/C28H18N4O2/c33-27-23-6-1-2-7-24(23)28(34)32(27)17-22-15-26-21(16-30-22)8-9-25(31-26)20-5-3-4-19(14-20)18-10-12-29-13-11-18/h1-16H,17H2. The van der Waals surface area contributed by atoms with Gasteiger partial charge in [-0.15, -0.1) is 0 Å². The number of rotatable bonds is 4. The molecule has 0 atom stereocenters. The van der Waals surface area contributed by atoms with Crippen molar-refractivity contribution in [3.8, 4) is 22.4 Å². The first kappa shape index (κ1) is 19.9. The molecule has 0 aliphatic carbocycles. The molecule has 2 amide bonds. The zero-order valence-corrected chi connectivity index (χ0v) is 18.1. The van der Waals surface area contributed by atoms with Crippen molar-refractivity contribution in [2.45, 2.75) is 6.54 Å². The quantitative estimate of drug-likeness (QED) is 0.360. The molecular weight excluding hydrogens is 424 g/mol. The molecule has 6 nitrogen and oxygen atoms in total. The summed E-state index contributed by atoms with van der Waals surface area (Å²) in [6.07, 6.45) is 5.28. The third kappa shape index (κ3) is 3.42. The van der Waals surface area contributed by atoms with Crippen molar-refractivity contribution in [1.82, 2.24) is 19.9 Å². The summed E-state index contributed by atoms with van der Waals surface area (Å²) in [6, 6.07) is 24.8. The Hall–Kier alpha value is -4.71. The van der Waals surface area contributed by atoms with Gasteiger partial charge in [0.1, 0.15) is 0 Å². The smallest absolute Gasteiger partial charge is 0.261 e. The number of hydrogen-bond acceptors (Lipinski definition) is 5. The fraction of sp³-hybridized carbons (Fsp3) is 0.0357. The molecule has 2 aromatic carbocycles. The predicted octanol–water partition coefficient (Wildman–Crippen LogP) is 5.16. The van der Waals surface area contributed by atoms with Crippen LogP contribution in [0.25, 0.3) is 33.3 Å².